The summed E-state index contributed by atoms with van der Waals surface area (Å²) in [5.74, 6) is 0.880. The predicted octanol–water partition coefficient (Wildman–Crippen LogP) is 2.66. The van der Waals surface area contributed by atoms with Crippen molar-refractivity contribution in [2.24, 2.45) is 0 Å². The van der Waals surface area contributed by atoms with Crippen molar-refractivity contribution >= 4 is 5.69 Å². The van der Waals surface area contributed by atoms with Crippen LogP contribution >= 0.6 is 0 Å². The highest BCUT2D eigenvalue weighted by molar-refractivity contribution is 5.50. The molecule has 3 heteroatoms. The van der Waals surface area contributed by atoms with Gasteiger partial charge < -0.3 is 14.4 Å². The monoisotopic (exact) mass is 221 g/mol. The molecule has 1 fully saturated rings. The topological polar surface area (TPSA) is 21.7 Å². The molecule has 0 bridgehead atoms. The third-order valence-corrected chi connectivity index (χ3v) is 2.88. The van der Waals surface area contributed by atoms with E-state index in [9.17, 15) is 0 Å². The maximum atomic E-state index is 5.44. The molecule has 0 aromatic heterocycles. The summed E-state index contributed by atoms with van der Waals surface area (Å²) in [6, 6.07) is 8.23. The van der Waals surface area contributed by atoms with Crippen molar-refractivity contribution in [1.29, 1.82) is 0 Å². The van der Waals surface area contributed by atoms with Gasteiger partial charge >= 0.3 is 0 Å². The van der Waals surface area contributed by atoms with Gasteiger partial charge in [-0.05, 0) is 31.4 Å². The molecule has 0 spiro atoms. The second-order valence-corrected chi connectivity index (χ2v) is 4.10. The molecule has 1 heterocycles. The van der Waals surface area contributed by atoms with E-state index in [1.54, 1.807) is 7.11 Å². The van der Waals surface area contributed by atoms with E-state index in [0.29, 0.717) is 6.79 Å². The van der Waals surface area contributed by atoms with E-state index in [2.05, 4.69) is 17.0 Å². The highest BCUT2D eigenvalue weighted by Gasteiger charge is 2.11. The fraction of sp³-hybridized carbons (Fsp3) is 0.538. The summed E-state index contributed by atoms with van der Waals surface area (Å²) in [4.78, 5) is 2.42. The van der Waals surface area contributed by atoms with E-state index in [0.717, 1.165) is 18.8 Å². The third-order valence-electron chi connectivity index (χ3n) is 2.88. The summed E-state index contributed by atoms with van der Waals surface area (Å²) in [6.45, 7) is 2.63. The number of ether oxygens (including phenoxy) is 2. The highest BCUT2D eigenvalue weighted by atomic mass is 16.7. The summed E-state index contributed by atoms with van der Waals surface area (Å²) >= 11 is 0. The molecule has 0 saturated carbocycles. The average molecular weight is 221 g/mol. The quantitative estimate of drug-likeness (QED) is 0.730. The standard InChI is InChI=1S/C13H19NO2/c1-15-11-16-13-7-5-6-12(10-13)14-8-3-2-4-9-14/h5-7,10H,2-4,8-9,11H2,1H3. The molecule has 1 aromatic carbocycles. The van der Waals surface area contributed by atoms with Crippen LogP contribution in [0.15, 0.2) is 24.3 Å². The largest absolute Gasteiger partial charge is 0.467 e. The summed E-state index contributed by atoms with van der Waals surface area (Å²) in [5.41, 5.74) is 1.26. The zero-order valence-corrected chi connectivity index (χ0v) is 9.82. The fourth-order valence-corrected chi connectivity index (χ4v) is 2.05. The first-order valence-corrected chi connectivity index (χ1v) is 5.87. The summed E-state index contributed by atoms with van der Waals surface area (Å²) < 4.78 is 10.3. The number of anilines is 1. The molecule has 1 aliphatic rings. The first-order chi connectivity index (χ1) is 7.90. The van der Waals surface area contributed by atoms with Crippen LogP contribution in [0.2, 0.25) is 0 Å². The summed E-state index contributed by atoms with van der Waals surface area (Å²) in [7, 11) is 1.63. The van der Waals surface area contributed by atoms with Crippen LogP contribution in [0.1, 0.15) is 19.3 Å². The SMILES string of the molecule is COCOc1cccc(N2CCCCC2)c1. The van der Waals surface area contributed by atoms with Crippen LogP contribution in [0.5, 0.6) is 5.75 Å². The van der Waals surface area contributed by atoms with E-state index in [1.165, 1.54) is 24.9 Å². The van der Waals surface area contributed by atoms with Crippen molar-refractivity contribution in [3.05, 3.63) is 24.3 Å². The van der Waals surface area contributed by atoms with Gasteiger partial charge in [0, 0.05) is 32.0 Å². The van der Waals surface area contributed by atoms with Gasteiger partial charge in [-0.1, -0.05) is 6.07 Å². The van der Waals surface area contributed by atoms with Gasteiger partial charge in [0.2, 0.25) is 0 Å². The summed E-state index contributed by atoms with van der Waals surface area (Å²) in [5, 5.41) is 0. The number of nitrogens with zero attached hydrogens (tertiary/aromatic N) is 1. The van der Waals surface area contributed by atoms with Gasteiger partial charge in [-0.25, -0.2) is 0 Å². The molecule has 0 aliphatic carbocycles. The smallest absolute Gasteiger partial charge is 0.188 e. The minimum Gasteiger partial charge on any atom is -0.467 e. The predicted molar refractivity (Wildman–Crippen MR) is 65.0 cm³/mol. The van der Waals surface area contributed by atoms with E-state index >= 15 is 0 Å². The Bertz CT molecular complexity index is 321. The van der Waals surface area contributed by atoms with Crippen LogP contribution in [0, 0.1) is 0 Å². The van der Waals surface area contributed by atoms with Crippen molar-refractivity contribution in [3.63, 3.8) is 0 Å². The van der Waals surface area contributed by atoms with Crippen LogP contribution < -0.4 is 9.64 Å². The Morgan fingerprint density at radius 3 is 2.75 bits per heavy atom. The normalized spacial score (nSPS) is 16.2. The van der Waals surface area contributed by atoms with Crippen LogP contribution in [0.3, 0.4) is 0 Å². The number of piperidine rings is 1. The van der Waals surface area contributed by atoms with Gasteiger partial charge in [0.25, 0.3) is 0 Å². The molecule has 0 N–H and O–H groups in total. The van der Waals surface area contributed by atoms with Crippen LogP contribution in [-0.2, 0) is 4.74 Å². The summed E-state index contributed by atoms with van der Waals surface area (Å²) in [6.07, 6.45) is 3.95. The lowest BCUT2D eigenvalue weighted by Gasteiger charge is -2.29. The number of rotatable bonds is 4. The maximum absolute atomic E-state index is 5.44. The molecule has 1 aromatic rings. The molecular weight excluding hydrogens is 202 g/mol. The van der Waals surface area contributed by atoms with Gasteiger partial charge in [-0.3, -0.25) is 0 Å². The molecule has 2 rings (SSSR count). The Hall–Kier alpha value is -1.22. The van der Waals surface area contributed by atoms with Crippen LogP contribution in [0.4, 0.5) is 5.69 Å². The molecular formula is C13H19NO2. The average Bonchev–Trinajstić information content (AvgIpc) is 2.38. The first-order valence-electron chi connectivity index (χ1n) is 5.87. The van der Waals surface area contributed by atoms with E-state index in [4.69, 9.17) is 9.47 Å². The second-order valence-electron chi connectivity index (χ2n) is 4.10. The second kappa shape index (κ2) is 5.75. The number of methoxy groups -OCH3 is 1. The first kappa shape index (κ1) is 11.3. The van der Waals surface area contributed by atoms with Gasteiger partial charge in [0.05, 0.1) is 0 Å². The van der Waals surface area contributed by atoms with E-state index in [1.807, 2.05) is 12.1 Å². The van der Waals surface area contributed by atoms with Crippen LogP contribution in [-0.4, -0.2) is 27.0 Å². The molecule has 1 saturated heterocycles. The van der Waals surface area contributed by atoms with Gasteiger partial charge in [0.1, 0.15) is 5.75 Å². The molecule has 0 radical (unpaired) electrons. The van der Waals surface area contributed by atoms with Gasteiger partial charge in [0.15, 0.2) is 6.79 Å². The van der Waals surface area contributed by atoms with Gasteiger partial charge in [-0.2, -0.15) is 0 Å². The van der Waals surface area contributed by atoms with Crippen molar-refractivity contribution in [2.75, 3.05) is 31.9 Å². The zero-order chi connectivity index (χ0) is 11.2. The zero-order valence-electron chi connectivity index (χ0n) is 9.82. The number of hydrogen-bond donors (Lipinski definition) is 0. The Kier molecular flexibility index (Phi) is 4.05. The van der Waals surface area contributed by atoms with Crippen molar-refractivity contribution < 1.29 is 9.47 Å². The maximum Gasteiger partial charge on any atom is 0.188 e. The molecule has 0 atom stereocenters. The van der Waals surface area contributed by atoms with Crippen LogP contribution in [0.25, 0.3) is 0 Å². The lowest BCUT2D eigenvalue weighted by molar-refractivity contribution is 0.0511. The van der Waals surface area contributed by atoms with Gasteiger partial charge in [-0.15, -0.1) is 0 Å². The lowest BCUT2D eigenvalue weighted by Crippen LogP contribution is -2.29. The van der Waals surface area contributed by atoms with Crippen molar-refractivity contribution in [2.45, 2.75) is 19.3 Å². The third kappa shape index (κ3) is 2.89. The van der Waals surface area contributed by atoms with E-state index in [-0.39, 0.29) is 0 Å². The molecule has 0 unspecified atom stereocenters. The minimum atomic E-state index is 0.309. The molecule has 1 aliphatic heterocycles. The lowest BCUT2D eigenvalue weighted by atomic mass is 10.1. The molecule has 3 nitrogen and oxygen atoms in total. The molecule has 0 amide bonds. The van der Waals surface area contributed by atoms with E-state index < -0.39 is 0 Å². The Labute approximate surface area is 97.0 Å². The Balaban J connectivity index is 2.02. The fourth-order valence-electron chi connectivity index (χ4n) is 2.05. The van der Waals surface area contributed by atoms with Crippen molar-refractivity contribution in [3.8, 4) is 5.75 Å². The molecule has 88 valence electrons. The Morgan fingerprint density at radius 1 is 1.19 bits per heavy atom. The molecule has 16 heavy (non-hydrogen) atoms. The van der Waals surface area contributed by atoms with Crippen molar-refractivity contribution in [1.82, 2.24) is 0 Å². The number of hydrogen-bond acceptors (Lipinski definition) is 3. The number of benzene rings is 1. The Morgan fingerprint density at radius 2 is 2.00 bits per heavy atom. The minimum absolute atomic E-state index is 0.309. The highest BCUT2D eigenvalue weighted by Crippen LogP contribution is 2.24.